The fraction of sp³-hybridized carbons (Fsp3) is 1.00. The van der Waals surface area contributed by atoms with E-state index >= 15 is 0 Å². The minimum absolute atomic E-state index is 0.527. The van der Waals surface area contributed by atoms with E-state index in [0.29, 0.717) is 12.1 Å². The third-order valence-corrected chi connectivity index (χ3v) is 2.97. The van der Waals surface area contributed by atoms with Crippen LogP contribution in [-0.4, -0.2) is 25.3 Å². The fourth-order valence-corrected chi connectivity index (χ4v) is 2.16. The van der Waals surface area contributed by atoms with Crippen LogP contribution in [0.3, 0.4) is 0 Å². The van der Waals surface area contributed by atoms with E-state index in [9.17, 15) is 0 Å². The van der Waals surface area contributed by atoms with Gasteiger partial charge in [0.2, 0.25) is 0 Å². The highest BCUT2D eigenvalue weighted by Gasteiger charge is 2.21. The van der Waals surface area contributed by atoms with Crippen LogP contribution >= 0.6 is 0 Å². The number of nitrogens with one attached hydrogen (secondary N) is 1. The SMILES string of the molecule is CCCCOC1CCCC(NCC)C1. The maximum Gasteiger partial charge on any atom is 0.0590 e. The Balaban J connectivity index is 2.12. The van der Waals surface area contributed by atoms with Crippen LogP contribution in [0.15, 0.2) is 0 Å². The number of hydrogen-bond acceptors (Lipinski definition) is 2. The maximum absolute atomic E-state index is 5.86. The van der Waals surface area contributed by atoms with Crippen molar-refractivity contribution in [2.24, 2.45) is 0 Å². The van der Waals surface area contributed by atoms with Crippen molar-refractivity contribution >= 4 is 0 Å². The van der Waals surface area contributed by atoms with Crippen molar-refractivity contribution in [2.75, 3.05) is 13.2 Å². The van der Waals surface area contributed by atoms with Gasteiger partial charge in [-0.1, -0.05) is 20.3 Å². The molecule has 1 aliphatic rings. The first-order chi connectivity index (χ1) is 6.86. The average molecular weight is 199 g/mol. The Morgan fingerprint density at radius 3 is 2.86 bits per heavy atom. The fourth-order valence-electron chi connectivity index (χ4n) is 2.16. The lowest BCUT2D eigenvalue weighted by Crippen LogP contribution is -2.36. The van der Waals surface area contributed by atoms with Gasteiger partial charge >= 0.3 is 0 Å². The largest absolute Gasteiger partial charge is 0.378 e. The molecule has 0 aromatic carbocycles. The smallest absolute Gasteiger partial charge is 0.0590 e. The topological polar surface area (TPSA) is 21.3 Å². The van der Waals surface area contributed by atoms with Crippen LogP contribution in [0, 0.1) is 0 Å². The molecule has 2 nitrogen and oxygen atoms in total. The zero-order valence-corrected chi connectivity index (χ0v) is 9.72. The third-order valence-electron chi connectivity index (χ3n) is 2.97. The molecule has 14 heavy (non-hydrogen) atoms. The van der Waals surface area contributed by atoms with Crippen molar-refractivity contribution in [1.82, 2.24) is 5.32 Å². The van der Waals surface area contributed by atoms with Crippen LogP contribution in [0.2, 0.25) is 0 Å². The number of rotatable bonds is 6. The second-order valence-electron chi connectivity index (χ2n) is 4.27. The van der Waals surface area contributed by atoms with E-state index in [-0.39, 0.29) is 0 Å². The van der Waals surface area contributed by atoms with Crippen LogP contribution in [0.1, 0.15) is 52.4 Å². The Hall–Kier alpha value is -0.0800. The van der Waals surface area contributed by atoms with Crippen LogP contribution in [0.4, 0.5) is 0 Å². The van der Waals surface area contributed by atoms with Gasteiger partial charge in [-0.15, -0.1) is 0 Å². The molecule has 0 aliphatic heterocycles. The van der Waals surface area contributed by atoms with Gasteiger partial charge in [0.1, 0.15) is 0 Å². The van der Waals surface area contributed by atoms with Gasteiger partial charge in [0.25, 0.3) is 0 Å². The van der Waals surface area contributed by atoms with Crippen LogP contribution in [0.25, 0.3) is 0 Å². The summed E-state index contributed by atoms with van der Waals surface area (Å²) in [5.41, 5.74) is 0. The molecule has 0 aromatic heterocycles. The van der Waals surface area contributed by atoms with E-state index in [2.05, 4.69) is 19.2 Å². The second kappa shape index (κ2) is 7.24. The highest BCUT2D eigenvalue weighted by molar-refractivity contribution is 4.77. The van der Waals surface area contributed by atoms with E-state index in [1.54, 1.807) is 0 Å². The predicted octanol–water partition coefficient (Wildman–Crippen LogP) is 2.72. The van der Waals surface area contributed by atoms with Gasteiger partial charge in [-0.05, 0) is 38.6 Å². The number of ether oxygens (including phenoxy) is 1. The lowest BCUT2D eigenvalue weighted by atomic mass is 9.93. The number of hydrogen-bond donors (Lipinski definition) is 1. The van der Waals surface area contributed by atoms with Gasteiger partial charge in [-0.2, -0.15) is 0 Å². The van der Waals surface area contributed by atoms with Crippen LogP contribution < -0.4 is 5.32 Å². The summed E-state index contributed by atoms with van der Waals surface area (Å²) in [5, 5.41) is 3.52. The highest BCUT2D eigenvalue weighted by Crippen LogP contribution is 2.21. The first-order valence-corrected chi connectivity index (χ1v) is 6.21. The Labute approximate surface area is 88.4 Å². The molecule has 1 fully saturated rings. The maximum atomic E-state index is 5.86. The Bertz CT molecular complexity index is 136. The zero-order chi connectivity index (χ0) is 10.2. The summed E-state index contributed by atoms with van der Waals surface area (Å²) in [6.45, 7) is 6.44. The molecule has 1 aliphatic carbocycles. The molecular weight excluding hydrogens is 174 g/mol. The molecular formula is C12H25NO. The van der Waals surface area contributed by atoms with Crippen molar-refractivity contribution in [3.05, 3.63) is 0 Å². The van der Waals surface area contributed by atoms with Gasteiger partial charge in [-0.25, -0.2) is 0 Å². The lowest BCUT2D eigenvalue weighted by Gasteiger charge is -2.29. The Morgan fingerprint density at radius 1 is 1.29 bits per heavy atom. The molecule has 2 atom stereocenters. The standard InChI is InChI=1S/C12H25NO/c1-3-5-9-14-12-8-6-7-11(10-12)13-4-2/h11-13H,3-10H2,1-2H3. The predicted molar refractivity (Wildman–Crippen MR) is 60.6 cm³/mol. The Morgan fingerprint density at radius 2 is 2.14 bits per heavy atom. The van der Waals surface area contributed by atoms with E-state index in [4.69, 9.17) is 4.74 Å². The number of unbranched alkanes of at least 4 members (excludes halogenated alkanes) is 1. The van der Waals surface area contributed by atoms with Gasteiger partial charge in [0.15, 0.2) is 0 Å². The molecule has 1 N–H and O–H groups in total. The van der Waals surface area contributed by atoms with Gasteiger partial charge in [0, 0.05) is 12.6 Å². The summed E-state index contributed by atoms with van der Waals surface area (Å²) in [5.74, 6) is 0. The molecule has 2 unspecified atom stereocenters. The lowest BCUT2D eigenvalue weighted by molar-refractivity contribution is 0.0184. The molecule has 0 aromatic rings. The van der Waals surface area contributed by atoms with E-state index in [0.717, 1.165) is 13.2 Å². The molecule has 0 bridgehead atoms. The van der Waals surface area contributed by atoms with Crippen molar-refractivity contribution < 1.29 is 4.74 Å². The molecule has 2 heteroatoms. The normalized spacial score (nSPS) is 27.9. The minimum atomic E-state index is 0.527. The van der Waals surface area contributed by atoms with Crippen molar-refractivity contribution in [3.63, 3.8) is 0 Å². The Kier molecular flexibility index (Phi) is 6.20. The quantitative estimate of drug-likeness (QED) is 0.664. The summed E-state index contributed by atoms with van der Waals surface area (Å²) >= 11 is 0. The molecule has 0 spiro atoms. The highest BCUT2D eigenvalue weighted by atomic mass is 16.5. The first kappa shape index (κ1) is 12.0. The van der Waals surface area contributed by atoms with Gasteiger partial charge < -0.3 is 10.1 Å². The molecule has 1 saturated carbocycles. The summed E-state index contributed by atoms with van der Waals surface area (Å²) in [7, 11) is 0. The van der Waals surface area contributed by atoms with Gasteiger partial charge in [0.05, 0.1) is 6.10 Å². The summed E-state index contributed by atoms with van der Waals surface area (Å²) in [6, 6.07) is 0.709. The van der Waals surface area contributed by atoms with E-state index in [1.165, 1.54) is 38.5 Å². The van der Waals surface area contributed by atoms with Crippen molar-refractivity contribution in [3.8, 4) is 0 Å². The first-order valence-electron chi connectivity index (χ1n) is 6.21. The minimum Gasteiger partial charge on any atom is -0.378 e. The van der Waals surface area contributed by atoms with Crippen molar-refractivity contribution in [2.45, 2.75) is 64.5 Å². The van der Waals surface area contributed by atoms with Crippen LogP contribution in [-0.2, 0) is 4.74 Å². The van der Waals surface area contributed by atoms with Crippen LogP contribution in [0.5, 0.6) is 0 Å². The zero-order valence-electron chi connectivity index (χ0n) is 9.72. The molecule has 1 rings (SSSR count). The van der Waals surface area contributed by atoms with E-state index in [1.807, 2.05) is 0 Å². The average Bonchev–Trinajstić information content (AvgIpc) is 2.19. The summed E-state index contributed by atoms with van der Waals surface area (Å²) in [4.78, 5) is 0. The molecule has 0 saturated heterocycles. The van der Waals surface area contributed by atoms with E-state index < -0.39 is 0 Å². The molecule has 84 valence electrons. The third kappa shape index (κ3) is 4.43. The van der Waals surface area contributed by atoms with Gasteiger partial charge in [-0.3, -0.25) is 0 Å². The van der Waals surface area contributed by atoms with Crippen molar-refractivity contribution in [1.29, 1.82) is 0 Å². The monoisotopic (exact) mass is 199 g/mol. The molecule has 0 heterocycles. The summed E-state index contributed by atoms with van der Waals surface area (Å²) in [6.07, 6.45) is 8.13. The molecule has 0 radical (unpaired) electrons. The second-order valence-corrected chi connectivity index (χ2v) is 4.27. The summed E-state index contributed by atoms with van der Waals surface area (Å²) < 4.78 is 5.86. The molecule has 0 amide bonds.